The minimum atomic E-state index is -0.612. The molecule has 108 valence electrons. The molecule has 1 heterocycles. The van der Waals surface area contributed by atoms with Crippen molar-refractivity contribution in [2.24, 2.45) is 0 Å². The van der Waals surface area contributed by atoms with Crippen LogP contribution in [0, 0.1) is 5.82 Å². The Kier molecular flexibility index (Phi) is 4.52. The van der Waals surface area contributed by atoms with E-state index in [-0.39, 0.29) is 11.2 Å². The molecule has 0 spiro atoms. The molecule has 1 unspecified atom stereocenters. The van der Waals surface area contributed by atoms with Crippen LogP contribution in [0.2, 0.25) is 5.02 Å². The van der Waals surface area contributed by atoms with Crippen LogP contribution < -0.4 is 0 Å². The summed E-state index contributed by atoms with van der Waals surface area (Å²) in [7, 11) is 0. The Hall–Kier alpha value is -0.900. The van der Waals surface area contributed by atoms with Crippen LogP contribution in [-0.2, 0) is 11.8 Å². The van der Waals surface area contributed by atoms with E-state index >= 15 is 0 Å². The number of hydrogen-bond acceptors (Lipinski definition) is 2. The molecule has 0 aliphatic heterocycles. The molecule has 1 atom stereocenters. The van der Waals surface area contributed by atoms with Crippen molar-refractivity contribution >= 4 is 22.9 Å². The second-order valence-electron chi connectivity index (χ2n) is 5.91. The second kappa shape index (κ2) is 5.84. The summed E-state index contributed by atoms with van der Waals surface area (Å²) in [5.41, 5.74) is 0.835. The zero-order valence-corrected chi connectivity index (χ0v) is 13.4. The maximum absolute atomic E-state index is 13.0. The van der Waals surface area contributed by atoms with Gasteiger partial charge in [-0.15, -0.1) is 11.3 Å². The van der Waals surface area contributed by atoms with Crippen molar-refractivity contribution in [1.82, 2.24) is 0 Å². The Labute approximate surface area is 128 Å². The van der Waals surface area contributed by atoms with Gasteiger partial charge in [0.2, 0.25) is 0 Å². The number of benzene rings is 1. The maximum atomic E-state index is 13.0. The highest BCUT2D eigenvalue weighted by Crippen LogP contribution is 2.34. The quantitative estimate of drug-likeness (QED) is 0.834. The van der Waals surface area contributed by atoms with Gasteiger partial charge in [-0.3, -0.25) is 0 Å². The lowest BCUT2D eigenvalue weighted by atomic mass is 9.95. The SMILES string of the molecule is CC(C)(C)c1ccc(C(O)Cc2ccc(F)cc2Cl)s1. The fourth-order valence-corrected chi connectivity index (χ4v) is 3.23. The number of thiophene rings is 1. The van der Waals surface area contributed by atoms with E-state index in [0.29, 0.717) is 11.4 Å². The summed E-state index contributed by atoms with van der Waals surface area (Å²) in [5.74, 6) is -0.362. The summed E-state index contributed by atoms with van der Waals surface area (Å²) in [6.07, 6.45) is -0.220. The third kappa shape index (κ3) is 3.60. The van der Waals surface area contributed by atoms with Crippen molar-refractivity contribution in [3.63, 3.8) is 0 Å². The number of aliphatic hydroxyl groups excluding tert-OH is 1. The minimum Gasteiger partial charge on any atom is -0.387 e. The van der Waals surface area contributed by atoms with E-state index in [4.69, 9.17) is 11.6 Å². The summed E-state index contributed by atoms with van der Waals surface area (Å²) in [6.45, 7) is 6.43. The largest absolute Gasteiger partial charge is 0.387 e. The lowest BCUT2D eigenvalue weighted by Crippen LogP contribution is -2.08. The molecule has 0 bridgehead atoms. The van der Waals surface area contributed by atoms with Crippen LogP contribution in [0.25, 0.3) is 0 Å². The smallest absolute Gasteiger partial charge is 0.124 e. The van der Waals surface area contributed by atoms with E-state index in [1.54, 1.807) is 17.4 Å². The van der Waals surface area contributed by atoms with Crippen LogP contribution >= 0.6 is 22.9 Å². The second-order valence-corrected chi connectivity index (χ2v) is 7.43. The molecule has 1 N–H and O–H groups in total. The van der Waals surface area contributed by atoms with Crippen molar-refractivity contribution in [2.45, 2.75) is 38.7 Å². The molecule has 0 amide bonds. The van der Waals surface area contributed by atoms with Crippen LogP contribution in [0.1, 0.15) is 42.2 Å². The number of hydrogen-bond donors (Lipinski definition) is 1. The Morgan fingerprint density at radius 3 is 2.50 bits per heavy atom. The van der Waals surface area contributed by atoms with Crippen molar-refractivity contribution in [1.29, 1.82) is 0 Å². The summed E-state index contributed by atoms with van der Waals surface area (Å²) < 4.78 is 13.0. The molecule has 0 fully saturated rings. The van der Waals surface area contributed by atoms with Crippen LogP contribution in [0.5, 0.6) is 0 Å². The summed E-state index contributed by atoms with van der Waals surface area (Å²) in [4.78, 5) is 2.15. The third-order valence-electron chi connectivity index (χ3n) is 3.12. The predicted octanol–water partition coefficient (Wildman–Crippen LogP) is 5.11. The molecule has 0 saturated carbocycles. The van der Waals surface area contributed by atoms with Crippen LogP contribution in [0.4, 0.5) is 4.39 Å². The van der Waals surface area contributed by atoms with E-state index in [2.05, 4.69) is 26.8 Å². The van der Waals surface area contributed by atoms with Crippen LogP contribution in [0.15, 0.2) is 30.3 Å². The highest BCUT2D eigenvalue weighted by molar-refractivity contribution is 7.12. The van der Waals surface area contributed by atoms with E-state index in [0.717, 1.165) is 10.4 Å². The van der Waals surface area contributed by atoms with Crippen molar-refractivity contribution in [3.8, 4) is 0 Å². The van der Waals surface area contributed by atoms with E-state index < -0.39 is 6.10 Å². The van der Waals surface area contributed by atoms with Crippen molar-refractivity contribution in [3.05, 3.63) is 56.5 Å². The van der Waals surface area contributed by atoms with Crippen molar-refractivity contribution in [2.75, 3.05) is 0 Å². The van der Waals surface area contributed by atoms with Crippen LogP contribution in [0.3, 0.4) is 0 Å². The molecule has 0 radical (unpaired) electrons. The van der Waals surface area contributed by atoms with Crippen LogP contribution in [-0.4, -0.2) is 5.11 Å². The number of rotatable bonds is 3. The van der Waals surface area contributed by atoms with Gasteiger partial charge in [-0.25, -0.2) is 4.39 Å². The molecule has 1 nitrogen and oxygen atoms in total. The summed E-state index contributed by atoms with van der Waals surface area (Å²) in [6, 6.07) is 8.27. The van der Waals surface area contributed by atoms with Gasteiger partial charge in [-0.1, -0.05) is 38.4 Å². The monoisotopic (exact) mass is 312 g/mol. The fraction of sp³-hybridized carbons (Fsp3) is 0.375. The van der Waals surface area contributed by atoms with E-state index in [1.807, 2.05) is 6.07 Å². The number of halogens is 2. The minimum absolute atomic E-state index is 0.0795. The fourth-order valence-electron chi connectivity index (χ4n) is 1.93. The molecule has 2 aromatic rings. The van der Waals surface area contributed by atoms with Gasteiger partial charge in [0.15, 0.2) is 0 Å². The average molecular weight is 313 g/mol. The first kappa shape index (κ1) is 15.5. The van der Waals surface area contributed by atoms with Gasteiger partial charge in [0.25, 0.3) is 0 Å². The molecule has 2 rings (SSSR count). The molecular weight excluding hydrogens is 295 g/mol. The normalized spacial score (nSPS) is 13.5. The molecular formula is C16H18ClFOS. The third-order valence-corrected chi connectivity index (χ3v) is 5.09. The zero-order chi connectivity index (χ0) is 14.9. The molecule has 4 heteroatoms. The average Bonchev–Trinajstić information content (AvgIpc) is 2.82. The standard InChI is InChI=1S/C16H18ClFOS/c1-16(2,3)15-7-6-14(20-15)13(19)8-10-4-5-11(18)9-12(10)17/h4-7,9,13,19H,8H2,1-3H3. The highest BCUT2D eigenvalue weighted by Gasteiger charge is 2.19. The molecule has 20 heavy (non-hydrogen) atoms. The Bertz CT molecular complexity index is 601. The van der Waals surface area contributed by atoms with Gasteiger partial charge < -0.3 is 5.11 Å². The first-order chi connectivity index (χ1) is 9.27. The Morgan fingerprint density at radius 2 is 1.95 bits per heavy atom. The molecule has 1 aromatic heterocycles. The maximum Gasteiger partial charge on any atom is 0.124 e. The molecule has 1 aromatic carbocycles. The molecule has 0 saturated heterocycles. The van der Waals surface area contributed by atoms with Gasteiger partial charge >= 0.3 is 0 Å². The van der Waals surface area contributed by atoms with Gasteiger partial charge in [-0.05, 0) is 35.2 Å². The summed E-state index contributed by atoms with van der Waals surface area (Å²) >= 11 is 7.60. The predicted molar refractivity (Wildman–Crippen MR) is 83.1 cm³/mol. The molecule has 0 aliphatic carbocycles. The number of aliphatic hydroxyl groups is 1. The topological polar surface area (TPSA) is 20.2 Å². The van der Waals surface area contributed by atoms with Gasteiger partial charge in [-0.2, -0.15) is 0 Å². The first-order valence-electron chi connectivity index (χ1n) is 6.49. The first-order valence-corrected chi connectivity index (χ1v) is 7.69. The van der Waals surface area contributed by atoms with Gasteiger partial charge in [0.1, 0.15) is 5.82 Å². The molecule has 0 aliphatic rings. The zero-order valence-electron chi connectivity index (χ0n) is 11.8. The lowest BCUT2D eigenvalue weighted by molar-refractivity contribution is 0.182. The lowest BCUT2D eigenvalue weighted by Gasteiger charge is -2.16. The highest BCUT2D eigenvalue weighted by atomic mass is 35.5. The Balaban J connectivity index is 2.16. The Morgan fingerprint density at radius 1 is 1.25 bits per heavy atom. The van der Waals surface area contributed by atoms with Gasteiger partial charge in [0.05, 0.1) is 6.10 Å². The van der Waals surface area contributed by atoms with Gasteiger partial charge in [0, 0.05) is 21.2 Å². The summed E-state index contributed by atoms with van der Waals surface area (Å²) in [5, 5.41) is 10.7. The van der Waals surface area contributed by atoms with Crippen molar-refractivity contribution < 1.29 is 9.50 Å². The van der Waals surface area contributed by atoms with E-state index in [1.165, 1.54) is 17.0 Å². The van der Waals surface area contributed by atoms with E-state index in [9.17, 15) is 9.50 Å².